The Kier molecular flexibility index (Phi) is 8.06. The van der Waals surface area contributed by atoms with Crippen molar-refractivity contribution in [2.45, 2.75) is 52.1 Å². The molecule has 25 heavy (non-hydrogen) atoms. The van der Waals surface area contributed by atoms with Gasteiger partial charge in [0.1, 0.15) is 5.75 Å². The van der Waals surface area contributed by atoms with E-state index in [0.717, 1.165) is 37.8 Å². The molecule has 2 N–H and O–H groups in total. The lowest BCUT2D eigenvalue weighted by molar-refractivity contribution is 0.167. The molecule has 0 aromatic heterocycles. The number of guanidine groups is 1. The average Bonchev–Trinajstić information content (AvgIpc) is 2.62. The molecule has 1 saturated heterocycles. The van der Waals surface area contributed by atoms with Crippen LogP contribution in [0.5, 0.6) is 5.75 Å². The average molecular weight is 347 g/mol. The van der Waals surface area contributed by atoms with Gasteiger partial charge in [-0.1, -0.05) is 17.7 Å². The highest BCUT2D eigenvalue weighted by molar-refractivity contribution is 5.79. The maximum Gasteiger partial charge on any atom is 0.191 e. The molecule has 0 radical (unpaired) electrons. The Morgan fingerprint density at radius 1 is 1.24 bits per heavy atom. The van der Waals surface area contributed by atoms with Crippen LogP contribution < -0.4 is 15.4 Å². The number of piperidine rings is 1. The van der Waals surface area contributed by atoms with Crippen LogP contribution in [0.2, 0.25) is 0 Å². The lowest BCUT2D eigenvalue weighted by Gasteiger charge is -2.35. The van der Waals surface area contributed by atoms with E-state index < -0.39 is 0 Å². The van der Waals surface area contributed by atoms with Gasteiger partial charge >= 0.3 is 0 Å². The lowest BCUT2D eigenvalue weighted by Crippen LogP contribution is -2.50. The molecular weight excluding hydrogens is 312 g/mol. The number of nitrogens with one attached hydrogen (secondary N) is 2. The molecule has 0 unspecified atom stereocenters. The first-order valence-electron chi connectivity index (χ1n) is 9.49. The van der Waals surface area contributed by atoms with Gasteiger partial charge in [0.05, 0.1) is 6.61 Å². The summed E-state index contributed by atoms with van der Waals surface area (Å²) >= 11 is 0. The highest BCUT2D eigenvalue weighted by Crippen LogP contribution is 2.13. The standard InChI is InChI=1S/C20H34N4O/c1-16(2)24-13-10-18(11-14-24)23-20(21-4)22-12-5-15-25-19-8-6-17(3)7-9-19/h6-9,16,18H,5,10-15H2,1-4H3,(H2,21,22,23). The van der Waals surface area contributed by atoms with Gasteiger partial charge in [-0.25, -0.2) is 0 Å². The van der Waals surface area contributed by atoms with Crippen LogP contribution >= 0.6 is 0 Å². The molecule has 1 aromatic carbocycles. The first-order valence-corrected chi connectivity index (χ1v) is 9.49. The molecule has 0 spiro atoms. The summed E-state index contributed by atoms with van der Waals surface area (Å²) < 4.78 is 5.75. The van der Waals surface area contributed by atoms with Crippen molar-refractivity contribution in [3.05, 3.63) is 29.8 Å². The Morgan fingerprint density at radius 2 is 1.92 bits per heavy atom. The number of likely N-dealkylation sites (tertiary alicyclic amines) is 1. The van der Waals surface area contributed by atoms with Crippen LogP contribution in [-0.4, -0.2) is 56.2 Å². The smallest absolute Gasteiger partial charge is 0.191 e. The fourth-order valence-electron chi connectivity index (χ4n) is 3.05. The molecule has 1 aliphatic rings. The Balaban J connectivity index is 1.60. The van der Waals surface area contributed by atoms with Gasteiger partial charge in [0.15, 0.2) is 5.96 Å². The van der Waals surface area contributed by atoms with Crippen LogP contribution in [0.4, 0.5) is 0 Å². The minimum Gasteiger partial charge on any atom is -0.494 e. The first-order chi connectivity index (χ1) is 12.1. The number of nitrogens with zero attached hydrogens (tertiary/aromatic N) is 2. The Morgan fingerprint density at radius 3 is 2.52 bits per heavy atom. The Hall–Kier alpha value is -1.75. The Labute approximate surface area is 152 Å². The van der Waals surface area contributed by atoms with E-state index in [1.165, 1.54) is 18.4 Å². The summed E-state index contributed by atoms with van der Waals surface area (Å²) in [5.41, 5.74) is 1.25. The highest BCUT2D eigenvalue weighted by Gasteiger charge is 2.21. The van der Waals surface area contributed by atoms with E-state index >= 15 is 0 Å². The summed E-state index contributed by atoms with van der Waals surface area (Å²) in [6.45, 7) is 10.5. The molecule has 1 aliphatic heterocycles. The van der Waals surface area contributed by atoms with Gasteiger partial charge < -0.3 is 20.3 Å². The molecule has 0 saturated carbocycles. The summed E-state index contributed by atoms with van der Waals surface area (Å²) in [5, 5.41) is 6.94. The number of ether oxygens (including phenoxy) is 1. The van der Waals surface area contributed by atoms with Gasteiger partial charge in [0.25, 0.3) is 0 Å². The molecule has 1 fully saturated rings. The number of aliphatic imine (C=N–C) groups is 1. The van der Waals surface area contributed by atoms with Gasteiger partial charge in [0.2, 0.25) is 0 Å². The molecule has 0 bridgehead atoms. The monoisotopic (exact) mass is 346 g/mol. The quantitative estimate of drug-likeness (QED) is 0.453. The van der Waals surface area contributed by atoms with Gasteiger partial charge in [-0.15, -0.1) is 0 Å². The van der Waals surface area contributed by atoms with Crippen LogP contribution in [0, 0.1) is 6.92 Å². The van der Waals surface area contributed by atoms with E-state index in [-0.39, 0.29) is 0 Å². The Bertz CT molecular complexity index is 519. The van der Waals surface area contributed by atoms with Crippen LogP contribution in [0.15, 0.2) is 29.3 Å². The fourth-order valence-corrected chi connectivity index (χ4v) is 3.05. The summed E-state index contributed by atoms with van der Waals surface area (Å²) in [7, 11) is 1.83. The number of rotatable bonds is 7. The van der Waals surface area contributed by atoms with Gasteiger partial charge in [-0.2, -0.15) is 0 Å². The van der Waals surface area contributed by atoms with Gasteiger partial charge in [-0.3, -0.25) is 4.99 Å². The third kappa shape index (κ3) is 6.94. The molecule has 0 amide bonds. The van der Waals surface area contributed by atoms with E-state index in [9.17, 15) is 0 Å². The van der Waals surface area contributed by atoms with E-state index in [1.54, 1.807) is 0 Å². The highest BCUT2D eigenvalue weighted by atomic mass is 16.5. The van der Waals surface area contributed by atoms with E-state index in [2.05, 4.69) is 53.4 Å². The van der Waals surface area contributed by atoms with E-state index in [0.29, 0.717) is 18.7 Å². The molecule has 5 nitrogen and oxygen atoms in total. The van der Waals surface area contributed by atoms with Crippen molar-refractivity contribution in [3.8, 4) is 5.75 Å². The van der Waals surface area contributed by atoms with Crippen molar-refractivity contribution >= 4 is 5.96 Å². The third-order valence-electron chi connectivity index (χ3n) is 4.73. The zero-order valence-corrected chi connectivity index (χ0v) is 16.2. The maximum atomic E-state index is 5.75. The van der Waals surface area contributed by atoms with Crippen LogP contribution in [0.25, 0.3) is 0 Å². The number of benzene rings is 1. The largest absolute Gasteiger partial charge is 0.494 e. The molecule has 1 heterocycles. The fraction of sp³-hybridized carbons (Fsp3) is 0.650. The summed E-state index contributed by atoms with van der Waals surface area (Å²) in [6.07, 6.45) is 3.30. The summed E-state index contributed by atoms with van der Waals surface area (Å²) in [5.74, 6) is 1.84. The van der Waals surface area contributed by atoms with Crippen molar-refractivity contribution in [2.75, 3.05) is 33.3 Å². The van der Waals surface area contributed by atoms with Crippen molar-refractivity contribution in [3.63, 3.8) is 0 Å². The normalized spacial score (nSPS) is 16.9. The van der Waals surface area contributed by atoms with Crippen LogP contribution in [0.1, 0.15) is 38.7 Å². The second kappa shape index (κ2) is 10.3. The zero-order chi connectivity index (χ0) is 18.1. The van der Waals surface area contributed by atoms with E-state index in [1.807, 2.05) is 19.2 Å². The van der Waals surface area contributed by atoms with E-state index in [4.69, 9.17) is 4.74 Å². The first kappa shape index (κ1) is 19.6. The second-order valence-corrected chi connectivity index (χ2v) is 7.06. The lowest BCUT2D eigenvalue weighted by atomic mass is 10.0. The molecule has 1 aromatic rings. The molecule has 0 aliphatic carbocycles. The topological polar surface area (TPSA) is 48.9 Å². The van der Waals surface area contributed by atoms with Gasteiger partial charge in [-0.05, 0) is 52.2 Å². The molecule has 140 valence electrons. The minimum absolute atomic E-state index is 0.519. The van der Waals surface area contributed by atoms with Gasteiger partial charge in [0, 0.05) is 38.8 Å². The molecule has 0 atom stereocenters. The predicted molar refractivity (Wildman–Crippen MR) is 106 cm³/mol. The molecular formula is C20H34N4O. The van der Waals surface area contributed by atoms with Crippen molar-refractivity contribution in [1.29, 1.82) is 0 Å². The zero-order valence-electron chi connectivity index (χ0n) is 16.2. The second-order valence-electron chi connectivity index (χ2n) is 7.06. The summed E-state index contributed by atoms with van der Waals surface area (Å²) in [6, 6.07) is 9.35. The minimum atomic E-state index is 0.519. The molecule has 2 rings (SSSR count). The van der Waals surface area contributed by atoms with Crippen molar-refractivity contribution in [2.24, 2.45) is 4.99 Å². The number of hydrogen-bond donors (Lipinski definition) is 2. The van der Waals surface area contributed by atoms with Crippen LogP contribution in [-0.2, 0) is 0 Å². The SMILES string of the molecule is CN=C(NCCCOc1ccc(C)cc1)NC1CCN(C(C)C)CC1. The van der Waals surface area contributed by atoms with Crippen molar-refractivity contribution < 1.29 is 4.74 Å². The predicted octanol–water partition coefficient (Wildman–Crippen LogP) is 2.80. The third-order valence-corrected chi connectivity index (χ3v) is 4.73. The molecule has 5 heteroatoms. The van der Waals surface area contributed by atoms with Crippen LogP contribution in [0.3, 0.4) is 0 Å². The number of hydrogen-bond acceptors (Lipinski definition) is 3. The number of aryl methyl sites for hydroxylation is 1. The maximum absolute atomic E-state index is 5.75. The van der Waals surface area contributed by atoms with Crippen molar-refractivity contribution in [1.82, 2.24) is 15.5 Å². The summed E-state index contributed by atoms with van der Waals surface area (Å²) in [4.78, 5) is 6.88.